The summed E-state index contributed by atoms with van der Waals surface area (Å²) >= 11 is 13.6. The molecule has 1 aliphatic rings. The molecule has 2 aromatic carbocycles. The van der Waals surface area contributed by atoms with Crippen molar-refractivity contribution < 1.29 is 14.3 Å². The van der Waals surface area contributed by atoms with E-state index >= 15 is 0 Å². The molecule has 4 nitrogen and oxygen atoms in total. The van der Waals surface area contributed by atoms with Crippen LogP contribution in [-0.2, 0) is 4.79 Å². The van der Waals surface area contributed by atoms with Crippen molar-refractivity contribution >= 4 is 77.8 Å². The molecule has 0 aliphatic carbocycles. The molecular formula is C21H17Br2NO3S2. The molecule has 150 valence electrons. The molecule has 3 rings (SSSR count). The number of halogens is 2. The zero-order valence-corrected chi connectivity index (χ0v) is 20.3. The molecule has 0 unspecified atom stereocenters. The van der Waals surface area contributed by atoms with E-state index in [-0.39, 0.29) is 5.91 Å². The summed E-state index contributed by atoms with van der Waals surface area (Å²) in [4.78, 5) is 15.1. The van der Waals surface area contributed by atoms with E-state index in [2.05, 4.69) is 38.4 Å². The first-order chi connectivity index (χ1) is 13.9. The summed E-state index contributed by atoms with van der Waals surface area (Å²) in [6.45, 7) is 6.43. The molecule has 1 heterocycles. The number of hydrogen-bond donors (Lipinski definition) is 0. The molecule has 1 fully saturated rings. The Morgan fingerprint density at radius 3 is 2.59 bits per heavy atom. The van der Waals surface area contributed by atoms with Crippen molar-refractivity contribution in [2.45, 2.75) is 6.92 Å². The van der Waals surface area contributed by atoms with Crippen LogP contribution < -0.4 is 14.4 Å². The number of thiocarbonyl (C=S) groups is 1. The lowest BCUT2D eigenvalue weighted by Crippen LogP contribution is -2.27. The van der Waals surface area contributed by atoms with Crippen LogP contribution >= 0.6 is 55.8 Å². The van der Waals surface area contributed by atoms with Gasteiger partial charge >= 0.3 is 0 Å². The highest BCUT2D eigenvalue weighted by Crippen LogP contribution is 2.40. The zero-order valence-electron chi connectivity index (χ0n) is 15.5. The summed E-state index contributed by atoms with van der Waals surface area (Å²) in [7, 11) is 0. The van der Waals surface area contributed by atoms with E-state index in [4.69, 9.17) is 21.7 Å². The number of ether oxygens (including phenoxy) is 2. The van der Waals surface area contributed by atoms with Crippen LogP contribution in [0.15, 0.2) is 62.9 Å². The Morgan fingerprint density at radius 1 is 1.21 bits per heavy atom. The molecule has 29 heavy (non-hydrogen) atoms. The van der Waals surface area contributed by atoms with Crippen LogP contribution in [0.1, 0.15) is 12.5 Å². The lowest BCUT2D eigenvalue weighted by Gasteiger charge is -2.14. The molecule has 2 aromatic rings. The molecule has 0 radical (unpaired) electrons. The fourth-order valence-corrected chi connectivity index (χ4v) is 4.79. The van der Waals surface area contributed by atoms with Gasteiger partial charge in [-0.05, 0) is 70.9 Å². The highest BCUT2D eigenvalue weighted by molar-refractivity contribution is 9.10. The number of nitrogens with zero attached hydrogens (tertiary/aromatic N) is 1. The van der Waals surface area contributed by atoms with E-state index < -0.39 is 0 Å². The van der Waals surface area contributed by atoms with E-state index in [9.17, 15) is 4.79 Å². The molecule has 1 amide bonds. The number of carbonyl (C=O) groups excluding carboxylic acids is 1. The lowest BCUT2D eigenvalue weighted by molar-refractivity contribution is -0.113. The molecule has 1 aliphatic heterocycles. The summed E-state index contributed by atoms with van der Waals surface area (Å²) in [6, 6.07) is 11.2. The summed E-state index contributed by atoms with van der Waals surface area (Å²) in [5, 5.41) is 0. The van der Waals surface area contributed by atoms with Gasteiger partial charge in [0.2, 0.25) is 0 Å². The molecule has 0 atom stereocenters. The van der Waals surface area contributed by atoms with Crippen LogP contribution in [0.4, 0.5) is 5.69 Å². The number of hydrogen-bond acceptors (Lipinski definition) is 5. The van der Waals surface area contributed by atoms with Gasteiger partial charge in [0.05, 0.1) is 21.7 Å². The number of rotatable bonds is 7. The molecular weight excluding hydrogens is 538 g/mol. The van der Waals surface area contributed by atoms with Gasteiger partial charge < -0.3 is 9.47 Å². The van der Waals surface area contributed by atoms with Crippen molar-refractivity contribution in [2.24, 2.45) is 0 Å². The Balaban J connectivity index is 1.93. The molecule has 0 saturated carbocycles. The summed E-state index contributed by atoms with van der Waals surface area (Å²) in [6.07, 6.45) is 3.48. The van der Waals surface area contributed by atoms with Gasteiger partial charge in [-0.3, -0.25) is 9.69 Å². The molecule has 0 N–H and O–H groups in total. The van der Waals surface area contributed by atoms with Crippen LogP contribution in [0.25, 0.3) is 6.08 Å². The summed E-state index contributed by atoms with van der Waals surface area (Å²) < 4.78 is 13.6. The van der Waals surface area contributed by atoms with E-state index in [1.165, 1.54) is 11.8 Å². The number of carbonyl (C=O) groups is 1. The second-order valence-corrected chi connectivity index (χ2v) is 9.30. The molecule has 8 heteroatoms. The minimum absolute atomic E-state index is 0.150. The summed E-state index contributed by atoms with van der Waals surface area (Å²) in [5.74, 6) is 1.05. The van der Waals surface area contributed by atoms with Gasteiger partial charge in [-0.2, -0.15) is 0 Å². The molecule has 1 saturated heterocycles. The van der Waals surface area contributed by atoms with Crippen LogP contribution in [0.5, 0.6) is 11.5 Å². The first-order valence-electron chi connectivity index (χ1n) is 8.68. The van der Waals surface area contributed by atoms with Gasteiger partial charge in [-0.25, -0.2) is 0 Å². The Labute approximate surface area is 196 Å². The van der Waals surface area contributed by atoms with Gasteiger partial charge in [0.1, 0.15) is 6.61 Å². The van der Waals surface area contributed by atoms with Crippen LogP contribution in [0.3, 0.4) is 0 Å². The van der Waals surface area contributed by atoms with Crippen molar-refractivity contribution in [2.75, 3.05) is 18.1 Å². The second-order valence-electron chi connectivity index (χ2n) is 5.86. The van der Waals surface area contributed by atoms with Gasteiger partial charge in [-0.15, -0.1) is 0 Å². The number of anilines is 1. The van der Waals surface area contributed by atoms with Gasteiger partial charge in [0.15, 0.2) is 15.8 Å². The van der Waals surface area contributed by atoms with E-state index in [1.54, 1.807) is 11.0 Å². The van der Waals surface area contributed by atoms with E-state index in [0.29, 0.717) is 33.9 Å². The fourth-order valence-electron chi connectivity index (χ4n) is 2.65. The molecule has 0 aromatic heterocycles. The third kappa shape index (κ3) is 5.12. The quantitative estimate of drug-likeness (QED) is 0.219. The monoisotopic (exact) mass is 553 g/mol. The largest absolute Gasteiger partial charge is 0.490 e. The van der Waals surface area contributed by atoms with Gasteiger partial charge in [0.25, 0.3) is 5.91 Å². The number of benzene rings is 2. The number of amides is 1. The topological polar surface area (TPSA) is 38.8 Å². The Bertz CT molecular complexity index is 990. The van der Waals surface area contributed by atoms with Crippen molar-refractivity contribution in [3.8, 4) is 11.5 Å². The maximum absolute atomic E-state index is 13.0. The Morgan fingerprint density at radius 2 is 1.93 bits per heavy atom. The van der Waals surface area contributed by atoms with E-state index in [1.807, 2.05) is 49.4 Å². The lowest BCUT2D eigenvalue weighted by atomic mass is 10.1. The maximum atomic E-state index is 13.0. The van der Waals surface area contributed by atoms with E-state index in [0.717, 1.165) is 20.2 Å². The minimum Gasteiger partial charge on any atom is -0.490 e. The van der Waals surface area contributed by atoms with Crippen LogP contribution in [0.2, 0.25) is 0 Å². The third-order valence-electron chi connectivity index (χ3n) is 3.85. The average Bonchev–Trinajstić information content (AvgIpc) is 2.95. The van der Waals surface area contributed by atoms with Crippen molar-refractivity contribution in [1.29, 1.82) is 0 Å². The highest BCUT2D eigenvalue weighted by atomic mass is 79.9. The Kier molecular flexibility index (Phi) is 7.56. The van der Waals surface area contributed by atoms with Crippen molar-refractivity contribution in [3.05, 3.63) is 68.5 Å². The standard InChI is InChI=1S/C21H17Br2NO3S2/c1-3-9-27-19-16(23)10-13(11-17(19)26-4-2)12-18-20(25)24(21(28)29-18)15-7-5-14(22)6-8-15/h3,5-8,10-12H,1,4,9H2,2H3/b18-12+. The second kappa shape index (κ2) is 9.93. The van der Waals surface area contributed by atoms with Gasteiger partial charge in [0, 0.05) is 4.47 Å². The smallest absolute Gasteiger partial charge is 0.270 e. The Hall–Kier alpha value is -1.61. The minimum atomic E-state index is -0.150. The molecule has 0 spiro atoms. The number of thioether (sulfide) groups is 1. The highest BCUT2D eigenvalue weighted by Gasteiger charge is 2.33. The molecule has 0 bridgehead atoms. The first kappa shape index (κ1) is 22.1. The average molecular weight is 555 g/mol. The first-order valence-corrected chi connectivity index (χ1v) is 11.5. The van der Waals surface area contributed by atoms with Crippen LogP contribution in [0, 0.1) is 0 Å². The summed E-state index contributed by atoms with van der Waals surface area (Å²) in [5.41, 5.74) is 1.55. The third-order valence-corrected chi connectivity index (χ3v) is 6.27. The van der Waals surface area contributed by atoms with Crippen molar-refractivity contribution in [1.82, 2.24) is 0 Å². The predicted molar refractivity (Wildman–Crippen MR) is 131 cm³/mol. The van der Waals surface area contributed by atoms with Crippen molar-refractivity contribution in [3.63, 3.8) is 0 Å². The maximum Gasteiger partial charge on any atom is 0.270 e. The van der Waals surface area contributed by atoms with Crippen LogP contribution in [-0.4, -0.2) is 23.4 Å². The fraction of sp³-hybridized carbons (Fsp3) is 0.143. The zero-order chi connectivity index (χ0) is 21.0. The normalized spacial score (nSPS) is 15.1. The van der Waals surface area contributed by atoms with Gasteiger partial charge in [-0.1, -0.05) is 52.6 Å². The SMILES string of the molecule is C=CCOc1c(Br)cc(/C=C2/SC(=S)N(c3ccc(Br)cc3)C2=O)cc1OCC. The predicted octanol–water partition coefficient (Wildman–Crippen LogP) is 6.58.